The number of ether oxygens (including phenoxy) is 1. The molecule has 2 atom stereocenters. The first kappa shape index (κ1) is 15.6. The number of hydrogen-bond acceptors (Lipinski definition) is 4. The lowest BCUT2D eigenvalue weighted by Crippen LogP contribution is -2.51. The molecule has 0 saturated carbocycles. The van der Waals surface area contributed by atoms with E-state index in [0.29, 0.717) is 6.54 Å². The summed E-state index contributed by atoms with van der Waals surface area (Å²) >= 11 is 0. The normalized spacial score (nSPS) is 13.9. The molecule has 0 radical (unpaired) electrons. The molecule has 0 spiro atoms. The number of methoxy groups -OCH3 is 1. The van der Waals surface area contributed by atoms with E-state index in [1.807, 2.05) is 13.8 Å². The Balaban J connectivity index is 4.39. The molecule has 0 aliphatic carbocycles. The van der Waals surface area contributed by atoms with E-state index in [4.69, 9.17) is 0 Å². The molecule has 1 amide bonds. The maximum absolute atomic E-state index is 11.6. The van der Waals surface area contributed by atoms with Crippen molar-refractivity contribution in [3.8, 4) is 0 Å². The summed E-state index contributed by atoms with van der Waals surface area (Å²) in [7, 11) is 1.34. The second-order valence-corrected chi connectivity index (χ2v) is 4.17. The zero-order valence-electron chi connectivity index (χ0n) is 10.9. The number of rotatable bonds is 7. The lowest BCUT2D eigenvalue weighted by molar-refractivity contribution is -0.144. The SMILES string of the molecule is C=CCNC(=O)C(C)NC(C(=O)OC)C(C)C. The van der Waals surface area contributed by atoms with Gasteiger partial charge in [0, 0.05) is 6.54 Å². The summed E-state index contributed by atoms with van der Waals surface area (Å²) in [5.74, 6) is -0.472. The van der Waals surface area contributed by atoms with Crippen molar-refractivity contribution in [1.29, 1.82) is 0 Å². The topological polar surface area (TPSA) is 67.4 Å². The second kappa shape index (κ2) is 7.84. The lowest BCUT2D eigenvalue weighted by Gasteiger charge is -2.23. The van der Waals surface area contributed by atoms with E-state index < -0.39 is 12.1 Å². The minimum atomic E-state index is -0.482. The summed E-state index contributed by atoms with van der Waals surface area (Å²) in [5.41, 5.74) is 0. The van der Waals surface area contributed by atoms with Gasteiger partial charge in [0.1, 0.15) is 6.04 Å². The molecule has 17 heavy (non-hydrogen) atoms. The van der Waals surface area contributed by atoms with Gasteiger partial charge in [-0.05, 0) is 12.8 Å². The van der Waals surface area contributed by atoms with Gasteiger partial charge in [0.05, 0.1) is 13.2 Å². The van der Waals surface area contributed by atoms with Crippen LogP contribution in [-0.4, -0.2) is 37.6 Å². The van der Waals surface area contributed by atoms with Crippen molar-refractivity contribution in [2.24, 2.45) is 5.92 Å². The maximum atomic E-state index is 11.6. The fourth-order valence-corrected chi connectivity index (χ4v) is 1.33. The minimum Gasteiger partial charge on any atom is -0.468 e. The Labute approximate surface area is 103 Å². The van der Waals surface area contributed by atoms with Crippen molar-refractivity contribution >= 4 is 11.9 Å². The molecule has 0 fully saturated rings. The van der Waals surface area contributed by atoms with E-state index in [-0.39, 0.29) is 17.8 Å². The molecule has 2 unspecified atom stereocenters. The van der Waals surface area contributed by atoms with Crippen LogP contribution >= 0.6 is 0 Å². The number of hydrogen-bond donors (Lipinski definition) is 2. The third-order valence-corrected chi connectivity index (χ3v) is 2.37. The standard InChI is InChI=1S/C12H22N2O3/c1-6-7-13-11(15)9(4)14-10(8(2)3)12(16)17-5/h6,8-10,14H,1,7H2,2-5H3,(H,13,15). The highest BCUT2D eigenvalue weighted by molar-refractivity contribution is 5.83. The van der Waals surface area contributed by atoms with Crippen LogP contribution in [0.15, 0.2) is 12.7 Å². The highest BCUT2D eigenvalue weighted by Crippen LogP contribution is 2.04. The van der Waals surface area contributed by atoms with Gasteiger partial charge in [0.15, 0.2) is 0 Å². The summed E-state index contributed by atoms with van der Waals surface area (Å²) in [4.78, 5) is 23.1. The van der Waals surface area contributed by atoms with Gasteiger partial charge in [0.25, 0.3) is 0 Å². The van der Waals surface area contributed by atoms with Gasteiger partial charge < -0.3 is 10.1 Å². The summed E-state index contributed by atoms with van der Waals surface area (Å²) in [6.45, 7) is 9.41. The molecular weight excluding hydrogens is 220 g/mol. The molecular formula is C12H22N2O3. The van der Waals surface area contributed by atoms with Crippen LogP contribution in [0.1, 0.15) is 20.8 Å². The Morgan fingerprint density at radius 3 is 2.35 bits per heavy atom. The monoisotopic (exact) mass is 242 g/mol. The highest BCUT2D eigenvalue weighted by atomic mass is 16.5. The quantitative estimate of drug-likeness (QED) is 0.503. The van der Waals surface area contributed by atoms with Crippen LogP contribution in [0.5, 0.6) is 0 Å². The Morgan fingerprint density at radius 1 is 1.35 bits per heavy atom. The molecule has 2 N–H and O–H groups in total. The number of carbonyl (C=O) groups is 2. The zero-order valence-corrected chi connectivity index (χ0v) is 10.9. The van der Waals surface area contributed by atoms with Gasteiger partial charge in [-0.25, -0.2) is 0 Å². The average molecular weight is 242 g/mol. The first-order valence-electron chi connectivity index (χ1n) is 5.66. The van der Waals surface area contributed by atoms with Crippen LogP contribution < -0.4 is 10.6 Å². The van der Waals surface area contributed by atoms with E-state index >= 15 is 0 Å². The molecule has 0 heterocycles. The van der Waals surface area contributed by atoms with Crippen molar-refractivity contribution in [1.82, 2.24) is 10.6 Å². The predicted molar refractivity (Wildman–Crippen MR) is 66.4 cm³/mol. The molecule has 98 valence electrons. The largest absolute Gasteiger partial charge is 0.468 e. The summed E-state index contributed by atoms with van der Waals surface area (Å²) in [6.07, 6.45) is 1.60. The molecule has 0 aromatic heterocycles. The second-order valence-electron chi connectivity index (χ2n) is 4.17. The molecule has 0 saturated heterocycles. The van der Waals surface area contributed by atoms with Crippen molar-refractivity contribution in [3.63, 3.8) is 0 Å². The third kappa shape index (κ3) is 5.49. The molecule has 0 aliphatic heterocycles. The van der Waals surface area contributed by atoms with Gasteiger partial charge in [-0.3, -0.25) is 14.9 Å². The molecule has 0 rings (SSSR count). The fourth-order valence-electron chi connectivity index (χ4n) is 1.33. The predicted octanol–water partition coefficient (Wildman–Crippen LogP) is 0.464. The van der Waals surface area contributed by atoms with Crippen LogP contribution in [0, 0.1) is 5.92 Å². The van der Waals surface area contributed by atoms with E-state index in [1.54, 1.807) is 13.0 Å². The Hall–Kier alpha value is -1.36. The zero-order chi connectivity index (χ0) is 13.4. The highest BCUT2D eigenvalue weighted by Gasteiger charge is 2.26. The fraction of sp³-hybridized carbons (Fsp3) is 0.667. The molecule has 0 aliphatic rings. The summed E-state index contributed by atoms with van der Waals surface area (Å²) < 4.78 is 4.69. The van der Waals surface area contributed by atoms with E-state index in [2.05, 4.69) is 21.9 Å². The Kier molecular flexibility index (Phi) is 7.21. The molecule has 0 bridgehead atoms. The first-order chi connectivity index (χ1) is 7.93. The molecule has 0 aromatic carbocycles. The smallest absolute Gasteiger partial charge is 0.323 e. The van der Waals surface area contributed by atoms with Crippen LogP contribution in [-0.2, 0) is 14.3 Å². The van der Waals surface area contributed by atoms with E-state index in [1.165, 1.54) is 7.11 Å². The van der Waals surface area contributed by atoms with E-state index in [9.17, 15) is 9.59 Å². The number of esters is 1. The van der Waals surface area contributed by atoms with Crippen molar-refractivity contribution in [3.05, 3.63) is 12.7 Å². The lowest BCUT2D eigenvalue weighted by atomic mass is 10.0. The minimum absolute atomic E-state index is 0.0529. The van der Waals surface area contributed by atoms with E-state index in [0.717, 1.165) is 0 Å². The van der Waals surface area contributed by atoms with Gasteiger partial charge in [-0.2, -0.15) is 0 Å². The van der Waals surface area contributed by atoms with Crippen LogP contribution in [0.4, 0.5) is 0 Å². The van der Waals surface area contributed by atoms with Crippen LogP contribution in [0.25, 0.3) is 0 Å². The number of carbonyl (C=O) groups excluding carboxylic acids is 2. The van der Waals surface area contributed by atoms with Crippen LogP contribution in [0.2, 0.25) is 0 Å². The first-order valence-corrected chi connectivity index (χ1v) is 5.66. The number of amides is 1. The maximum Gasteiger partial charge on any atom is 0.323 e. The number of nitrogens with one attached hydrogen (secondary N) is 2. The van der Waals surface area contributed by atoms with Crippen LogP contribution in [0.3, 0.4) is 0 Å². The summed E-state index contributed by atoms with van der Waals surface area (Å²) in [5, 5.41) is 5.62. The van der Waals surface area contributed by atoms with Gasteiger partial charge in [-0.15, -0.1) is 6.58 Å². The molecule has 0 aromatic rings. The average Bonchev–Trinajstić information content (AvgIpc) is 2.31. The molecule has 5 nitrogen and oxygen atoms in total. The Bertz CT molecular complexity index is 277. The Morgan fingerprint density at radius 2 is 1.94 bits per heavy atom. The summed E-state index contributed by atoms with van der Waals surface area (Å²) in [6, 6.07) is -0.939. The van der Waals surface area contributed by atoms with Gasteiger partial charge in [0.2, 0.25) is 5.91 Å². The van der Waals surface area contributed by atoms with Crippen molar-refractivity contribution in [2.75, 3.05) is 13.7 Å². The van der Waals surface area contributed by atoms with Gasteiger partial charge >= 0.3 is 5.97 Å². The molecule has 5 heteroatoms. The van der Waals surface area contributed by atoms with Gasteiger partial charge in [-0.1, -0.05) is 19.9 Å². The van der Waals surface area contributed by atoms with Crippen molar-refractivity contribution < 1.29 is 14.3 Å². The van der Waals surface area contributed by atoms with Crippen molar-refractivity contribution in [2.45, 2.75) is 32.9 Å². The third-order valence-electron chi connectivity index (χ3n) is 2.37.